The van der Waals surface area contributed by atoms with E-state index in [1.165, 1.54) is 11.3 Å². The molecule has 110 valence electrons. The van der Waals surface area contributed by atoms with Crippen LogP contribution in [0, 0.1) is 0 Å². The molecule has 0 spiro atoms. The molecule has 0 atom stereocenters. The summed E-state index contributed by atoms with van der Waals surface area (Å²) in [5.74, 6) is -0.277. The smallest absolute Gasteiger partial charge is 0.261 e. The van der Waals surface area contributed by atoms with Crippen molar-refractivity contribution in [1.82, 2.24) is 10.2 Å². The van der Waals surface area contributed by atoms with Gasteiger partial charge in [0, 0.05) is 13.1 Å². The molecule has 1 N–H and O–H groups in total. The van der Waals surface area contributed by atoms with Gasteiger partial charge in [-0.3, -0.25) is 9.59 Å². The molecular formula is C16H18N2O2S. The predicted octanol–water partition coefficient (Wildman–Crippen LogP) is 2.53. The minimum Gasteiger partial charge on any atom is -0.342 e. The number of benzene rings is 1. The van der Waals surface area contributed by atoms with E-state index >= 15 is 0 Å². The lowest BCUT2D eigenvalue weighted by Gasteiger charge is -2.21. The van der Waals surface area contributed by atoms with Gasteiger partial charge < -0.3 is 10.2 Å². The molecule has 21 heavy (non-hydrogen) atoms. The minimum absolute atomic E-state index is 0.0252. The Kier molecular flexibility index (Phi) is 5.51. The van der Waals surface area contributed by atoms with Crippen LogP contribution in [-0.2, 0) is 11.3 Å². The number of carbonyl (C=O) groups excluding carboxylic acids is 2. The number of hydrogen-bond donors (Lipinski definition) is 1. The summed E-state index contributed by atoms with van der Waals surface area (Å²) in [4.78, 5) is 26.3. The van der Waals surface area contributed by atoms with Crippen molar-refractivity contribution in [1.29, 1.82) is 0 Å². The van der Waals surface area contributed by atoms with E-state index in [2.05, 4.69) is 5.32 Å². The van der Waals surface area contributed by atoms with Gasteiger partial charge in [-0.05, 0) is 23.9 Å². The number of thiophene rings is 1. The largest absolute Gasteiger partial charge is 0.342 e. The van der Waals surface area contributed by atoms with Crippen molar-refractivity contribution in [3.8, 4) is 0 Å². The molecule has 1 aromatic heterocycles. The first kappa shape index (κ1) is 15.3. The SMILES string of the molecule is CCN(Cc1ccccc1)C(=O)CNC(=O)c1cccs1. The monoisotopic (exact) mass is 302 g/mol. The highest BCUT2D eigenvalue weighted by atomic mass is 32.1. The third-order valence-corrected chi connectivity index (χ3v) is 3.96. The van der Waals surface area contributed by atoms with Crippen LogP contribution < -0.4 is 5.32 Å². The second-order valence-corrected chi connectivity index (χ2v) is 5.50. The highest BCUT2D eigenvalue weighted by molar-refractivity contribution is 7.12. The van der Waals surface area contributed by atoms with E-state index < -0.39 is 0 Å². The number of amides is 2. The molecule has 0 aliphatic carbocycles. The van der Waals surface area contributed by atoms with Crippen LogP contribution in [0.4, 0.5) is 0 Å². The standard InChI is InChI=1S/C16H18N2O2S/c1-2-18(12-13-7-4-3-5-8-13)15(19)11-17-16(20)14-9-6-10-21-14/h3-10H,2,11-12H2,1H3,(H,17,20). The van der Waals surface area contributed by atoms with Crippen LogP contribution in [-0.4, -0.2) is 29.8 Å². The number of hydrogen-bond acceptors (Lipinski definition) is 3. The molecule has 0 bridgehead atoms. The second-order valence-electron chi connectivity index (χ2n) is 4.55. The minimum atomic E-state index is -0.200. The highest BCUT2D eigenvalue weighted by Gasteiger charge is 2.14. The van der Waals surface area contributed by atoms with Crippen molar-refractivity contribution in [3.63, 3.8) is 0 Å². The zero-order chi connectivity index (χ0) is 15.1. The van der Waals surface area contributed by atoms with Gasteiger partial charge in [0.1, 0.15) is 0 Å². The van der Waals surface area contributed by atoms with E-state index in [1.807, 2.05) is 48.7 Å². The summed E-state index contributed by atoms with van der Waals surface area (Å²) in [6.07, 6.45) is 0. The van der Waals surface area contributed by atoms with Gasteiger partial charge >= 0.3 is 0 Å². The van der Waals surface area contributed by atoms with Gasteiger partial charge in [0.15, 0.2) is 0 Å². The van der Waals surface area contributed by atoms with E-state index in [-0.39, 0.29) is 18.4 Å². The molecule has 2 aromatic rings. The lowest BCUT2D eigenvalue weighted by Crippen LogP contribution is -2.39. The fourth-order valence-electron chi connectivity index (χ4n) is 1.94. The Hall–Kier alpha value is -2.14. The van der Waals surface area contributed by atoms with Crippen molar-refractivity contribution in [3.05, 3.63) is 58.3 Å². The van der Waals surface area contributed by atoms with Crippen molar-refractivity contribution < 1.29 is 9.59 Å². The molecular weight excluding hydrogens is 284 g/mol. The van der Waals surface area contributed by atoms with Crippen molar-refractivity contribution in [2.75, 3.05) is 13.1 Å². The van der Waals surface area contributed by atoms with Crippen LogP contribution in [0.2, 0.25) is 0 Å². The molecule has 1 heterocycles. The summed E-state index contributed by atoms with van der Waals surface area (Å²) in [6.45, 7) is 3.13. The molecule has 4 nitrogen and oxygen atoms in total. The normalized spacial score (nSPS) is 10.1. The second kappa shape index (κ2) is 7.59. The van der Waals surface area contributed by atoms with Crippen LogP contribution in [0.1, 0.15) is 22.2 Å². The lowest BCUT2D eigenvalue weighted by atomic mass is 10.2. The maximum atomic E-state index is 12.2. The van der Waals surface area contributed by atoms with Crippen LogP contribution in [0.25, 0.3) is 0 Å². The topological polar surface area (TPSA) is 49.4 Å². The third-order valence-electron chi connectivity index (χ3n) is 3.10. The summed E-state index contributed by atoms with van der Waals surface area (Å²) < 4.78 is 0. The Labute approximate surface area is 128 Å². The Morgan fingerprint density at radius 3 is 2.52 bits per heavy atom. The summed E-state index contributed by atoms with van der Waals surface area (Å²) in [5, 5.41) is 4.50. The quantitative estimate of drug-likeness (QED) is 0.891. The molecule has 0 aliphatic rings. The third kappa shape index (κ3) is 4.43. The van der Waals surface area contributed by atoms with Gasteiger partial charge in [-0.15, -0.1) is 11.3 Å². The zero-order valence-corrected chi connectivity index (χ0v) is 12.7. The Morgan fingerprint density at radius 1 is 1.14 bits per heavy atom. The molecule has 1 aromatic carbocycles. The molecule has 0 aliphatic heterocycles. The molecule has 5 heteroatoms. The Bertz CT molecular complexity index is 582. The number of likely N-dealkylation sites (N-methyl/N-ethyl adjacent to an activating group) is 1. The molecule has 0 saturated carbocycles. The molecule has 0 fully saturated rings. The molecule has 0 radical (unpaired) electrons. The number of nitrogens with zero attached hydrogens (tertiary/aromatic N) is 1. The predicted molar refractivity (Wildman–Crippen MR) is 84.2 cm³/mol. The molecule has 2 amide bonds. The van der Waals surface area contributed by atoms with E-state index in [0.29, 0.717) is 18.0 Å². The first-order valence-corrected chi connectivity index (χ1v) is 7.72. The molecule has 0 saturated heterocycles. The van der Waals surface area contributed by atoms with Gasteiger partial charge in [-0.25, -0.2) is 0 Å². The van der Waals surface area contributed by atoms with Gasteiger partial charge in [0.2, 0.25) is 5.91 Å². The van der Waals surface area contributed by atoms with Crippen molar-refractivity contribution >= 4 is 23.2 Å². The van der Waals surface area contributed by atoms with Crippen LogP contribution in [0.15, 0.2) is 47.8 Å². The van der Waals surface area contributed by atoms with E-state index in [9.17, 15) is 9.59 Å². The average Bonchev–Trinajstić information content (AvgIpc) is 3.05. The highest BCUT2D eigenvalue weighted by Crippen LogP contribution is 2.08. The number of nitrogens with one attached hydrogen (secondary N) is 1. The van der Waals surface area contributed by atoms with E-state index in [0.717, 1.165) is 5.56 Å². The lowest BCUT2D eigenvalue weighted by molar-refractivity contribution is -0.130. The van der Waals surface area contributed by atoms with Crippen molar-refractivity contribution in [2.45, 2.75) is 13.5 Å². The van der Waals surface area contributed by atoms with Crippen molar-refractivity contribution in [2.24, 2.45) is 0 Å². The Balaban J connectivity index is 1.87. The maximum Gasteiger partial charge on any atom is 0.261 e. The summed E-state index contributed by atoms with van der Waals surface area (Å²) >= 11 is 1.36. The van der Waals surface area contributed by atoms with E-state index in [1.54, 1.807) is 11.0 Å². The zero-order valence-electron chi connectivity index (χ0n) is 11.9. The van der Waals surface area contributed by atoms with Gasteiger partial charge in [-0.1, -0.05) is 36.4 Å². The van der Waals surface area contributed by atoms with Gasteiger partial charge in [0.25, 0.3) is 5.91 Å². The first-order chi connectivity index (χ1) is 10.2. The van der Waals surface area contributed by atoms with Crippen LogP contribution in [0.3, 0.4) is 0 Å². The summed E-state index contributed by atoms with van der Waals surface area (Å²) in [7, 11) is 0. The Morgan fingerprint density at radius 2 is 1.90 bits per heavy atom. The average molecular weight is 302 g/mol. The van der Waals surface area contributed by atoms with Crippen LogP contribution >= 0.6 is 11.3 Å². The number of rotatable bonds is 6. The van der Waals surface area contributed by atoms with E-state index in [4.69, 9.17) is 0 Å². The summed E-state index contributed by atoms with van der Waals surface area (Å²) in [6, 6.07) is 13.4. The van der Waals surface area contributed by atoms with Gasteiger partial charge in [-0.2, -0.15) is 0 Å². The fourth-order valence-corrected chi connectivity index (χ4v) is 2.58. The maximum absolute atomic E-state index is 12.2. The first-order valence-electron chi connectivity index (χ1n) is 6.84. The fraction of sp³-hybridized carbons (Fsp3) is 0.250. The summed E-state index contributed by atoms with van der Waals surface area (Å²) in [5.41, 5.74) is 1.08. The molecule has 2 rings (SSSR count). The van der Waals surface area contributed by atoms with Gasteiger partial charge in [0.05, 0.1) is 11.4 Å². The van der Waals surface area contributed by atoms with Crippen LogP contribution in [0.5, 0.6) is 0 Å². The molecule has 0 unspecified atom stereocenters. The number of carbonyl (C=O) groups is 2.